The summed E-state index contributed by atoms with van der Waals surface area (Å²) in [4.78, 5) is 10.9. The number of rotatable bonds is 4. The van der Waals surface area contributed by atoms with Crippen LogP contribution in [-0.2, 0) is 14.9 Å². The molecule has 0 unspecified atom stereocenters. The normalized spacial score (nSPS) is 15.6. The summed E-state index contributed by atoms with van der Waals surface area (Å²) in [6.45, 7) is 5.42. The highest BCUT2D eigenvalue weighted by molar-refractivity contribution is 7.85. The predicted molar refractivity (Wildman–Crippen MR) is 48.8 cm³/mol. The van der Waals surface area contributed by atoms with Crippen molar-refractivity contribution in [1.82, 2.24) is 5.32 Å². The molecule has 6 heteroatoms. The first-order valence-corrected chi connectivity index (χ1v) is 4.81. The van der Waals surface area contributed by atoms with Gasteiger partial charge < -0.3 is 5.32 Å². The van der Waals surface area contributed by atoms with Gasteiger partial charge in [-0.2, -0.15) is 8.42 Å². The lowest BCUT2D eigenvalue weighted by atomic mass is 10.1. The van der Waals surface area contributed by atoms with E-state index < -0.39 is 27.3 Å². The van der Waals surface area contributed by atoms with Crippen LogP contribution < -0.4 is 5.32 Å². The van der Waals surface area contributed by atoms with Gasteiger partial charge in [0.1, 0.15) is 0 Å². The van der Waals surface area contributed by atoms with Gasteiger partial charge in [-0.15, -0.1) is 0 Å². The minimum atomic E-state index is -4.93. The van der Waals surface area contributed by atoms with Gasteiger partial charge in [0.05, 0.1) is 11.2 Å². The molecule has 0 bridgehead atoms. The number of hydrogen-bond acceptors (Lipinski definition) is 3. The lowest BCUT2D eigenvalue weighted by Crippen LogP contribution is -2.47. The zero-order valence-electron chi connectivity index (χ0n) is 9.36. The molecule has 0 aromatic carbocycles. The van der Waals surface area contributed by atoms with Crippen LogP contribution in [0.25, 0.3) is 0 Å². The van der Waals surface area contributed by atoms with Crippen LogP contribution in [0, 0.1) is 0 Å². The maximum atomic E-state index is 10.9. The van der Waals surface area contributed by atoms with E-state index in [0.29, 0.717) is 0 Å². The first kappa shape index (κ1) is 8.71. The molecule has 0 aliphatic carbocycles. The van der Waals surface area contributed by atoms with Crippen molar-refractivity contribution in [1.29, 1.82) is 0 Å². The van der Waals surface area contributed by atoms with Crippen LogP contribution in [0.1, 0.15) is 16.6 Å². The molecule has 0 heterocycles. The highest BCUT2D eigenvalue weighted by Crippen LogP contribution is 2.05. The van der Waals surface area contributed by atoms with E-state index in [9.17, 15) is 13.2 Å². The molecule has 0 aliphatic rings. The van der Waals surface area contributed by atoms with Crippen LogP contribution in [0.3, 0.4) is 0 Å². The van der Waals surface area contributed by atoms with E-state index in [-0.39, 0.29) is 0 Å². The third-order valence-corrected chi connectivity index (χ3v) is 1.77. The smallest absolute Gasteiger partial charge is 0.267 e. The third-order valence-electron chi connectivity index (χ3n) is 1.01. The molecule has 0 rings (SSSR count). The Kier molecular flexibility index (Phi) is 2.60. The summed E-state index contributed by atoms with van der Waals surface area (Å²) in [6, 6.07) is 0. The Morgan fingerprint density at radius 2 is 2.23 bits per heavy atom. The lowest BCUT2D eigenvalue weighted by molar-refractivity contribution is -0.117. The molecular formula is C7H13NO4S. The number of nitrogens with one attached hydrogen (secondary N) is 1. The molecule has 5 nitrogen and oxygen atoms in total. The van der Waals surface area contributed by atoms with Crippen LogP contribution in [0.15, 0.2) is 12.7 Å². The molecule has 0 atom stereocenters. The molecule has 76 valence electrons. The molecule has 13 heavy (non-hydrogen) atoms. The summed E-state index contributed by atoms with van der Waals surface area (Å²) in [6.07, 6.45) is 0.877. The number of carbonyl (C=O) groups excluding carboxylic acids is 1. The van der Waals surface area contributed by atoms with Crippen molar-refractivity contribution in [2.45, 2.75) is 19.4 Å². The van der Waals surface area contributed by atoms with Gasteiger partial charge in [0.25, 0.3) is 10.1 Å². The van der Waals surface area contributed by atoms with Gasteiger partial charge in [0.15, 0.2) is 0 Å². The number of hydrogen-bond donors (Lipinski definition) is 2. The van der Waals surface area contributed by atoms with Gasteiger partial charge in [-0.05, 0) is 19.9 Å². The maximum Gasteiger partial charge on any atom is 0.267 e. The summed E-state index contributed by atoms with van der Waals surface area (Å²) in [7, 11) is -4.93. The van der Waals surface area contributed by atoms with Crippen molar-refractivity contribution in [3.8, 4) is 0 Å². The quantitative estimate of drug-likeness (QED) is 0.502. The second-order valence-corrected chi connectivity index (χ2v) is 4.05. The Labute approximate surface area is 80.4 Å². The minimum absolute atomic E-state index is 0.729. The molecule has 0 saturated carbocycles. The second kappa shape index (κ2) is 3.89. The zero-order valence-corrected chi connectivity index (χ0v) is 8.18. The van der Waals surface area contributed by atoms with Gasteiger partial charge in [0.2, 0.25) is 5.91 Å². The SMILES string of the molecule is [2H]C([2H])(C(C)(C)NC(=O)C=C)S(=O)(=O)O. The number of amides is 1. The van der Waals surface area contributed by atoms with Gasteiger partial charge in [0, 0.05) is 2.74 Å². The van der Waals surface area contributed by atoms with E-state index in [0.717, 1.165) is 19.9 Å². The van der Waals surface area contributed by atoms with Crippen LogP contribution in [0.2, 0.25) is 0 Å². The van der Waals surface area contributed by atoms with Crippen molar-refractivity contribution in [2.24, 2.45) is 0 Å². The van der Waals surface area contributed by atoms with Gasteiger partial charge in [-0.25, -0.2) is 0 Å². The van der Waals surface area contributed by atoms with Crippen molar-refractivity contribution in [3.63, 3.8) is 0 Å². The van der Waals surface area contributed by atoms with Crippen LogP contribution >= 0.6 is 0 Å². The molecule has 0 aliphatic heterocycles. The van der Waals surface area contributed by atoms with Gasteiger partial charge in [-0.1, -0.05) is 6.58 Å². The van der Waals surface area contributed by atoms with Crippen molar-refractivity contribution in [2.75, 3.05) is 5.70 Å². The van der Waals surface area contributed by atoms with Gasteiger partial charge in [-0.3, -0.25) is 9.35 Å². The molecule has 0 fully saturated rings. The molecule has 1 amide bonds. The summed E-state index contributed by atoms with van der Waals surface area (Å²) < 4.78 is 44.7. The fraction of sp³-hybridized carbons (Fsp3) is 0.571. The molecular weight excluding hydrogens is 194 g/mol. The predicted octanol–water partition coefficient (Wildman–Crippen LogP) is -0.0450. The lowest BCUT2D eigenvalue weighted by Gasteiger charge is -2.23. The van der Waals surface area contributed by atoms with E-state index in [1.165, 1.54) is 0 Å². The summed E-state index contributed by atoms with van der Waals surface area (Å²) >= 11 is 0. The Balaban J connectivity index is 5.20. The maximum absolute atomic E-state index is 10.9. The van der Waals surface area contributed by atoms with E-state index in [1.807, 2.05) is 0 Å². The fourth-order valence-corrected chi connectivity index (χ4v) is 1.40. The topological polar surface area (TPSA) is 83.5 Å². The molecule has 2 N–H and O–H groups in total. The summed E-state index contributed by atoms with van der Waals surface area (Å²) in [5.41, 5.74) is -4.76. The van der Waals surface area contributed by atoms with Crippen molar-refractivity contribution >= 4 is 16.0 Å². The molecule has 0 aromatic heterocycles. The highest BCUT2D eigenvalue weighted by atomic mass is 32.2. The van der Waals surface area contributed by atoms with Crippen molar-refractivity contribution in [3.05, 3.63) is 12.7 Å². The molecule has 0 aromatic rings. The van der Waals surface area contributed by atoms with Gasteiger partial charge >= 0.3 is 0 Å². The third kappa shape index (κ3) is 6.30. The first-order chi connectivity index (χ1) is 6.45. The number of carbonyl (C=O) groups is 1. The second-order valence-electron chi connectivity index (χ2n) is 2.90. The minimum Gasteiger partial charge on any atom is -0.347 e. The monoisotopic (exact) mass is 209 g/mol. The standard InChI is InChI=1S/C7H13NO4S/c1-4-6(9)8-7(2,3)5-13(10,11)12/h4H,1,5H2,2-3H3,(H,8,9)(H,10,11,12)/i5D2. The average Bonchev–Trinajstić information content (AvgIpc) is 2.00. The Morgan fingerprint density at radius 1 is 1.77 bits per heavy atom. The van der Waals surface area contributed by atoms with E-state index >= 15 is 0 Å². The summed E-state index contributed by atoms with van der Waals surface area (Å²) in [5, 5.41) is 2.08. The van der Waals surface area contributed by atoms with Crippen LogP contribution in [-0.4, -0.2) is 30.1 Å². The van der Waals surface area contributed by atoms with Crippen molar-refractivity contribution < 1.29 is 20.5 Å². The average molecular weight is 209 g/mol. The molecule has 0 radical (unpaired) electrons. The Morgan fingerprint density at radius 3 is 2.54 bits per heavy atom. The highest BCUT2D eigenvalue weighted by Gasteiger charge is 2.25. The van der Waals surface area contributed by atoms with E-state index in [1.54, 1.807) is 0 Å². The fourth-order valence-electron chi connectivity index (χ4n) is 0.707. The largest absolute Gasteiger partial charge is 0.347 e. The Bertz CT molecular complexity index is 374. The van der Waals surface area contributed by atoms with Crippen LogP contribution in [0.5, 0.6) is 0 Å². The summed E-state index contributed by atoms with van der Waals surface area (Å²) in [5.74, 6) is -0.729. The Hall–Kier alpha value is -0.880. The molecule has 0 spiro atoms. The first-order valence-electron chi connectivity index (χ1n) is 4.37. The zero-order chi connectivity index (χ0) is 12.5. The van der Waals surface area contributed by atoms with E-state index in [4.69, 9.17) is 7.29 Å². The van der Waals surface area contributed by atoms with E-state index in [2.05, 4.69) is 11.9 Å². The van der Waals surface area contributed by atoms with Crippen LogP contribution in [0.4, 0.5) is 0 Å². The molecule has 0 saturated heterocycles.